The van der Waals surface area contributed by atoms with Gasteiger partial charge in [0.25, 0.3) is 6.43 Å². The van der Waals surface area contributed by atoms with E-state index in [0.717, 1.165) is 5.56 Å². The SMILES string of the molecule is Cc1c(-c2cc3cc(N(C(=O)O)C4C5COCC4CN(CC(F)F)C5)ncc3c(N)c2F)cnc2c1NCCO2. The van der Waals surface area contributed by atoms with Crippen molar-refractivity contribution in [2.75, 3.05) is 62.0 Å². The van der Waals surface area contributed by atoms with Crippen LogP contribution in [0.2, 0.25) is 0 Å². The summed E-state index contributed by atoms with van der Waals surface area (Å²) in [4.78, 5) is 24.2. The number of nitrogens with two attached hydrogens (primary N) is 1. The van der Waals surface area contributed by atoms with Crippen molar-refractivity contribution < 1.29 is 32.5 Å². The number of benzene rings is 1. The number of likely N-dealkylation sites (tertiary alicyclic amines) is 1. The summed E-state index contributed by atoms with van der Waals surface area (Å²) >= 11 is 0. The Morgan fingerprint density at radius 3 is 2.67 bits per heavy atom. The molecule has 0 spiro atoms. The zero-order valence-corrected chi connectivity index (χ0v) is 21.7. The number of aromatic nitrogens is 2. The lowest BCUT2D eigenvalue weighted by atomic mass is 9.81. The molecule has 40 heavy (non-hydrogen) atoms. The maximum absolute atomic E-state index is 15.6. The monoisotopic (exact) mass is 558 g/mol. The number of alkyl halides is 2. The van der Waals surface area contributed by atoms with Gasteiger partial charge in [0.05, 0.1) is 31.5 Å². The molecule has 212 valence electrons. The molecule has 3 aromatic rings. The molecule has 4 N–H and O–H groups in total. The molecule has 1 amide bonds. The third kappa shape index (κ3) is 4.52. The number of nitrogens with zero attached hydrogens (tertiary/aromatic N) is 4. The second-order valence-corrected chi connectivity index (χ2v) is 10.5. The van der Waals surface area contributed by atoms with Gasteiger partial charge in [-0.2, -0.15) is 0 Å². The summed E-state index contributed by atoms with van der Waals surface area (Å²) in [5.74, 6) is -0.659. The maximum atomic E-state index is 15.6. The van der Waals surface area contributed by atoms with Gasteiger partial charge in [0, 0.05) is 60.4 Å². The molecule has 2 saturated heterocycles. The van der Waals surface area contributed by atoms with Gasteiger partial charge >= 0.3 is 6.09 Å². The molecule has 2 bridgehead atoms. The molecule has 1 aromatic carbocycles. The highest BCUT2D eigenvalue weighted by molar-refractivity contribution is 6.00. The lowest BCUT2D eigenvalue weighted by Crippen LogP contribution is -2.63. The summed E-state index contributed by atoms with van der Waals surface area (Å²) in [5.41, 5.74) is 8.27. The number of carboxylic acid groups (broad SMARTS) is 1. The lowest BCUT2D eigenvalue weighted by Gasteiger charge is -2.49. The Hall–Kier alpha value is -3.84. The topological polar surface area (TPSA) is 126 Å². The smallest absolute Gasteiger partial charge is 0.413 e. The largest absolute Gasteiger partial charge is 0.474 e. The molecule has 2 unspecified atom stereocenters. The number of nitrogen functional groups attached to an aromatic ring is 1. The zero-order chi connectivity index (χ0) is 28.1. The number of piperidine rings is 1. The Kier molecular flexibility index (Phi) is 6.78. The molecule has 2 aromatic heterocycles. The summed E-state index contributed by atoms with van der Waals surface area (Å²) in [7, 11) is 0. The van der Waals surface area contributed by atoms with Gasteiger partial charge in [-0.3, -0.25) is 9.80 Å². The van der Waals surface area contributed by atoms with E-state index >= 15 is 4.39 Å². The number of anilines is 3. The van der Waals surface area contributed by atoms with E-state index in [9.17, 15) is 18.7 Å². The Morgan fingerprint density at radius 2 is 1.98 bits per heavy atom. The fraction of sp³-hybridized carbons (Fsp3) is 0.444. The van der Waals surface area contributed by atoms with E-state index in [1.807, 2.05) is 6.92 Å². The Balaban J connectivity index is 1.41. The minimum absolute atomic E-state index is 0.111. The molecule has 0 radical (unpaired) electrons. The number of ether oxygens (including phenoxy) is 2. The predicted molar refractivity (Wildman–Crippen MR) is 143 cm³/mol. The second kappa shape index (κ2) is 10.3. The minimum Gasteiger partial charge on any atom is -0.474 e. The molecular formula is C27H29F3N6O4. The van der Waals surface area contributed by atoms with Gasteiger partial charge in [0.2, 0.25) is 5.88 Å². The van der Waals surface area contributed by atoms with Crippen LogP contribution in [-0.2, 0) is 4.74 Å². The van der Waals surface area contributed by atoms with Crippen LogP contribution in [0.15, 0.2) is 24.5 Å². The summed E-state index contributed by atoms with van der Waals surface area (Å²) in [6.07, 6.45) is -0.792. The van der Waals surface area contributed by atoms with Crippen molar-refractivity contribution in [1.82, 2.24) is 14.9 Å². The molecule has 5 heterocycles. The number of nitrogens with one attached hydrogen (secondary N) is 1. The van der Waals surface area contributed by atoms with E-state index in [0.29, 0.717) is 41.1 Å². The van der Waals surface area contributed by atoms with E-state index in [-0.39, 0.29) is 61.8 Å². The summed E-state index contributed by atoms with van der Waals surface area (Å²) in [5, 5.41) is 14.4. The standard InChI is InChI=1S/C27H29F3N6O4/c1-13-18(6-34-26-24(13)32-2-3-40-26)17-4-14-5-21(33-7-19(14)23(31)22(17)30)36(27(37)38)25-15-8-35(10-20(28)29)9-16(25)12-39-11-15/h4-7,15-16,20,25,32H,2-3,8-12,31H2,1H3,(H,37,38). The van der Waals surface area contributed by atoms with Gasteiger partial charge in [-0.15, -0.1) is 0 Å². The number of rotatable bonds is 5. The van der Waals surface area contributed by atoms with Crippen LogP contribution < -0.4 is 20.7 Å². The van der Waals surface area contributed by atoms with Crippen molar-refractivity contribution in [3.8, 4) is 17.0 Å². The lowest BCUT2D eigenvalue weighted by molar-refractivity contribution is -0.0659. The van der Waals surface area contributed by atoms with Crippen LogP contribution in [0.25, 0.3) is 21.9 Å². The summed E-state index contributed by atoms with van der Waals surface area (Å²) in [6, 6.07) is 2.68. The number of carbonyl (C=O) groups is 1. The molecule has 3 aliphatic rings. The molecule has 2 fully saturated rings. The Bertz CT molecular complexity index is 1460. The molecule has 10 nitrogen and oxygen atoms in total. The number of pyridine rings is 2. The highest BCUT2D eigenvalue weighted by atomic mass is 19.3. The quantitative estimate of drug-likeness (QED) is 0.401. The average molecular weight is 559 g/mol. The van der Waals surface area contributed by atoms with Crippen LogP contribution in [0.1, 0.15) is 5.56 Å². The van der Waals surface area contributed by atoms with Gasteiger partial charge in [-0.05, 0) is 30.0 Å². The third-order valence-corrected chi connectivity index (χ3v) is 7.98. The van der Waals surface area contributed by atoms with Crippen molar-refractivity contribution in [3.05, 3.63) is 35.9 Å². The first-order valence-electron chi connectivity index (χ1n) is 13.1. The zero-order valence-electron chi connectivity index (χ0n) is 21.7. The molecule has 0 saturated carbocycles. The number of amides is 1. The first-order chi connectivity index (χ1) is 19.2. The normalized spacial score (nSPS) is 22.5. The van der Waals surface area contributed by atoms with Crippen LogP contribution in [0, 0.1) is 24.6 Å². The van der Waals surface area contributed by atoms with E-state index in [1.54, 1.807) is 17.0 Å². The van der Waals surface area contributed by atoms with Crippen molar-refractivity contribution in [1.29, 1.82) is 0 Å². The molecular weight excluding hydrogens is 529 g/mol. The Labute approximate surface area is 227 Å². The maximum Gasteiger partial charge on any atom is 0.413 e. The van der Waals surface area contributed by atoms with Crippen LogP contribution in [-0.4, -0.2) is 84.5 Å². The van der Waals surface area contributed by atoms with Crippen LogP contribution in [0.4, 0.5) is 35.2 Å². The van der Waals surface area contributed by atoms with E-state index in [1.165, 1.54) is 17.3 Å². The van der Waals surface area contributed by atoms with Crippen LogP contribution >= 0.6 is 0 Å². The van der Waals surface area contributed by atoms with Crippen LogP contribution in [0.3, 0.4) is 0 Å². The first kappa shape index (κ1) is 26.4. The minimum atomic E-state index is -2.48. The summed E-state index contributed by atoms with van der Waals surface area (Å²) in [6.45, 7) is 3.61. The molecule has 6 rings (SSSR count). The van der Waals surface area contributed by atoms with Crippen LogP contribution in [0.5, 0.6) is 5.88 Å². The molecule has 0 aliphatic carbocycles. The average Bonchev–Trinajstić information content (AvgIpc) is 2.91. The van der Waals surface area contributed by atoms with Gasteiger partial charge in [0.1, 0.15) is 18.1 Å². The first-order valence-corrected chi connectivity index (χ1v) is 13.1. The van der Waals surface area contributed by atoms with Crippen molar-refractivity contribution >= 4 is 34.1 Å². The highest BCUT2D eigenvalue weighted by Crippen LogP contribution is 2.41. The fourth-order valence-electron chi connectivity index (χ4n) is 6.26. The Morgan fingerprint density at radius 1 is 1.23 bits per heavy atom. The second-order valence-electron chi connectivity index (χ2n) is 10.5. The number of hydrogen-bond acceptors (Lipinski definition) is 8. The van der Waals surface area contributed by atoms with Crippen molar-refractivity contribution in [2.24, 2.45) is 11.8 Å². The third-order valence-electron chi connectivity index (χ3n) is 7.98. The molecule has 3 aliphatic heterocycles. The number of fused-ring (bicyclic) bond motifs is 4. The van der Waals surface area contributed by atoms with Crippen molar-refractivity contribution in [3.63, 3.8) is 0 Å². The van der Waals surface area contributed by atoms with E-state index < -0.39 is 24.4 Å². The van der Waals surface area contributed by atoms with E-state index in [4.69, 9.17) is 15.2 Å². The molecule has 13 heteroatoms. The van der Waals surface area contributed by atoms with Gasteiger partial charge in [0.15, 0.2) is 5.82 Å². The predicted octanol–water partition coefficient (Wildman–Crippen LogP) is 3.83. The molecule has 2 atom stereocenters. The number of halogens is 3. The fourth-order valence-corrected chi connectivity index (χ4v) is 6.26. The van der Waals surface area contributed by atoms with Crippen molar-refractivity contribution in [2.45, 2.75) is 19.4 Å². The van der Waals surface area contributed by atoms with Gasteiger partial charge < -0.3 is 25.6 Å². The number of hydrogen-bond donors (Lipinski definition) is 3. The van der Waals surface area contributed by atoms with Gasteiger partial charge in [-0.1, -0.05) is 0 Å². The summed E-state index contributed by atoms with van der Waals surface area (Å²) < 4.78 is 53.0. The van der Waals surface area contributed by atoms with E-state index in [2.05, 4.69) is 15.3 Å². The highest BCUT2D eigenvalue weighted by Gasteiger charge is 2.46. The van der Waals surface area contributed by atoms with Gasteiger partial charge in [-0.25, -0.2) is 27.9 Å².